The molecule has 0 bridgehead atoms. The summed E-state index contributed by atoms with van der Waals surface area (Å²) in [6, 6.07) is 4.37. The Morgan fingerprint density at radius 1 is 1.48 bits per heavy atom. The molecule has 1 unspecified atom stereocenters. The summed E-state index contributed by atoms with van der Waals surface area (Å²) in [5.74, 6) is 0.365. The zero-order valence-corrected chi connectivity index (χ0v) is 13.1. The van der Waals surface area contributed by atoms with Crippen molar-refractivity contribution < 1.29 is 9.90 Å². The van der Waals surface area contributed by atoms with Crippen LogP contribution in [0.3, 0.4) is 0 Å². The molecule has 0 aliphatic carbocycles. The van der Waals surface area contributed by atoms with Crippen molar-refractivity contribution in [2.24, 2.45) is 13.0 Å². The van der Waals surface area contributed by atoms with Crippen LogP contribution < -0.4 is 5.32 Å². The topological polar surface area (TPSA) is 57.5 Å². The molecule has 21 heavy (non-hydrogen) atoms. The zero-order chi connectivity index (χ0) is 15.2. The highest BCUT2D eigenvalue weighted by Crippen LogP contribution is 2.16. The molecular formula is C16H27N3O2. The zero-order valence-electron chi connectivity index (χ0n) is 13.1. The third-order valence-corrected chi connectivity index (χ3v) is 4.41. The fourth-order valence-corrected chi connectivity index (χ4v) is 2.81. The maximum Gasteiger partial charge on any atom is 0.317 e. The van der Waals surface area contributed by atoms with Crippen molar-refractivity contribution in [2.45, 2.75) is 38.6 Å². The van der Waals surface area contributed by atoms with E-state index >= 15 is 0 Å². The first-order valence-electron chi connectivity index (χ1n) is 7.86. The van der Waals surface area contributed by atoms with Crippen LogP contribution in [0.4, 0.5) is 4.79 Å². The third kappa shape index (κ3) is 4.49. The first-order valence-corrected chi connectivity index (χ1v) is 7.86. The van der Waals surface area contributed by atoms with Crippen LogP contribution >= 0.6 is 0 Å². The highest BCUT2D eigenvalue weighted by atomic mass is 16.3. The van der Waals surface area contributed by atoms with Gasteiger partial charge < -0.3 is 19.9 Å². The van der Waals surface area contributed by atoms with E-state index < -0.39 is 0 Å². The van der Waals surface area contributed by atoms with Crippen LogP contribution in [-0.4, -0.2) is 46.3 Å². The number of nitrogens with one attached hydrogen (secondary N) is 1. The van der Waals surface area contributed by atoms with E-state index in [4.69, 9.17) is 5.11 Å². The number of aliphatic hydroxyl groups excluding tert-OH is 1. The molecular weight excluding hydrogens is 266 g/mol. The molecule has 1 aromatic rings. The number of hydrogen-bond donors (Lipinski definition) is 2. The Balaban J connectivity index is 1.71. The highest BCUT2D eigenvalue weighted by molar-refractivity contribution is 5.74. The number of urea groups is 1. The largest absolute Gasteiger partial charge is 0.396 e. The van der Waals surface area contributed by atoms with Crippen LogP contribution in [0.2, 0.25) is 0 Å². The second kappa shape index (κ2) is 7.50. The minimum absolute atomic E-state index is 0.0331. The molecule has 1 atom stereocenters. The van der Waals surface area contributed by atoms with Crippen LogP contribution in [0.15, 0.2) is 18.3 Å². The maximum atomic E-state index is 12.2. The van der Waals surface area contributed by atoms with Crippen molar-refractivity contribution in [3.63, 3.8) is 0 Å². The van der Waals surface area contributed by atoms with Gasteiger partial charge in [0.1, 0.15) is 0 Å². The molecule has 118 valence electrons. The number of carbonyl (C=O) groups excluding carboxylic acids is 1. The van der Waals surface area contributed by atoms with Crippen molar-refractivity contribution in [3.05, 3.63) is 24.0 Å². The number of hydrogen-bond acceptors (Lipinski definition) is 2. The van der Waals surface area contributed by atoms with Gasteiger partial charge in [0.25, 0.3) is 0 Å². The van der Waals surface area contributed by atoms with Gasteiger partial charge in [-0.05, 0) is 50.7 Å². The summed E-state index contributed by atoms with van der Waals surface area (Å²) < 4.78 is 2.12. The number of nitrogens with zero attached hydrogens (tertiary/aromatic N) is 2. The van der Waals surface area contributed by atoms with Crippen LogP contribution in [0.25, 0.3) is 0 Å². The summed E-state index contributed by atoms with van der Waals surface area (Å²) in [6.45, 7) is 3.80. The van der Waals surface area contributed by atoms with Gasteiger partial charge in [-0.2, -0.15) is 0 Å². The molecule has 2 rings (SSSR count). The minimum Gasteiger partial charge on any atom is -0.396 e. The second-order valence-electron chi connectivity index (χ2n) is 6.11. The van der Waals surface area contributed by atoms with Crippen LogP contribution in [0.5, 0.6) is 0 Å². The van der Waals surface area contributed by atoms with Gasteiger partial charge in [0.05, 0.1) is 0 Å². The Kier molecular flexibility index (Phi) is 5.67. The predicted molar refractivity (Wildman–Crippen MR) is 83.1 cm³/mol. The molecule has 1 aliphatic heterocycles. The average Bonchev–Trinajstić information content (AvgIpc) is 2.90. The lowest BCUT2D eigenvalue weighted by atomic mass is 9.98. The molecule has 0 aromatic carbocycles. The van der Waals surface area contributed by atoms with Crippen molar-refractivity contribution in [1.29, 1.82) is 0 Å². The third-order valence-electron chi connectivity index (χ3n) is 4.41. The lowest BCUT2D eigenvalue weighted by Gasteiger charge is -2.32. The van der Waals surface area contributed by atoms with Crippen molar-refractivity contribution in [3.8, 4) is 0 Å². The first-order chi connectivity index (χ1) is 10.1. The molecule has 1 aromatic heterocycles. The number of aromatic nitrogens is 1. The fourth-order valence-electron chi connectivity index (χ4n) is 2.81. The van der Waals surface area contributed by atoms with E-state index in [-0.39, 0.29) is 18.7 Å². The second-order valence-corrected chi connectivity index (χ2v) is 6.11. The Hall–Kier alpha value is -1.49. The van der Waals surface area contributed by atoms with Crippen molar-refractivity contribution in [1.82, 2.24) is 14.8 Å². The molecule has 5 nitrogen and oxygen atoms in total. The number of likely N-dealkylation sites (tertiary alicyclic amines) is 1. The number of aryl methyl sites for hydroxylation is 2. The fraction of sp³-hybridized carbons (Fsp3) is 0.688. The highest BCUT2D eigenvalue weighted by Gasteiger charge is 2.22. The van der Waals surface area contributed by atoms with Crippen molar-refractivity contribution >= 4 is 6.03 Å². The lowest BCUT2D eigenvalue weighted by molar-refractivity contribution is 0.135. The van der Waals surface area contributed by atoms with Gasteiger partial charge in [0.2, 0.25) is 0 Å². The normalized spacial score (nSPS) is 17.8. The van der Waals surface area contributed by atoms with Crippen molar-refractivity contribution in [2.75, 3.05) is 19.7 Å². The Morgan fingerprint density at radius 2 is 2.19 bits per heavy atom. The monoisotopic (exact) mass is 293 g/mol. The van der Waals surface area contributed by atoms with Gasteiger partial charge in [-0.25, -0.2) is 4.79 Å². The number of carbonyl (C=O) groups is 1. The van der Waals surface area contributed by atoms with Crippen LogP contribution in [0.1, 0.15) is 31.9 Å². The van der Waals surface area contributed by atoms with E-state index in [0.29, 0.717) is 5.92 Å². The minimum atomic E-state index is 0.0331. The number of amides is 2. The number of aliphatic hydroxyl groups is 1. The molecule has 2 amide bonds. The smallest absolute Gasteiger partial charge is 0.317 e. The van der Waals surface area contributed by atoms with Gasteiger partial charge in [-0.15, -0.1) is 0 Å². The quantitative estimate of drug-likeness (QED) is 0.869. The van der Waals surface area contributed by atoms with Gasteiger partial charge in [0.15, 0.2) is 0 Å². The van der Waals surface area contributed by atoms with E-state index in [1.165, 1.54) is 5.69 Å². The molecule has 2 heterocycles. The van der Waals surface area contributed by atoms with Gasteiger partial charge in [-0.1, -0.05) is 0 Å². The molecule has 0 spiro atoms. The summed E-state index contributed by atoms with van der Waals surface area (Å²) in [7, 11) is 2.05. The molecule has 0 radical (unpaired) electrons. The van der Waals surface area contributed by atoms with Crippen LogP contribution in [-0.2, 0) is 13.5 Å². The standard InChI is InChI=1S/C16H27N3O2/c1-13(5-6-15-4-3-9-18(15)2)17-16(21)19-10-7-14(12-20)8-11-19/h3-4,9,13-14,20H,5-8,10-12H2,1-2H3,(H,17,21). The molecule has 1 fully saturated rings. The van der Waals surface area contributed by atoms with E-state index in [1.54, 1.807) is 0 Å². The summed E-state index contributed by atoms with van der Waals surface area (Å²) in [5.41, 5.74) is 1.29. The summed E-state index contributed by atoms with van der Waals surface area (Å²) >= 11 is 0. The maximum absolute atomic E-state index is 12.2. The number of piperidine rings is 1. The average molecular weight is 293 g/mol. The van der Waals surface area contributed by atoms with Gasteiger partial charge >= 0.3 is 6.03 Å². The number of rotatable bonds is 5. The molecule has 1 saturated heterocycles. The predicted octanol–water partition coefficient (Wildman–Crippen LogP) is 1.76. The van der Waals surface area contributed by atoms with E-state index in [0.717, 1.165) is 38.8 Å². The summed E-state index contributed by atoms with van der Waals surface area (Å²) in [5, 5.41) is 12.2. The lowest BCUT2D eigenvalue weighted by Crippen LogP contribution is -2.47. The summed E-state index contributed by atoms with van der Waals surface area (Å²) in [4.78, 5) is 14.0. The van der Waals surface area contributed by atoms with Gasteiger partial charge in [0, 0.05) is 44.7 Å². The Labute approximate surface area is 126 Å². The summed E-state index contributed by atoms with van der Waals surface area (Å²) in [6.07, 6.45) is 5.77. The molecule has 0 saturated carbocycles. The molecule has 1 aliphatic rings. The van der Waals surface area contributed by atoms with E-state index in [1.807, 2.05) is 24.2 Å². The first kappa shape index (κ1) is 15.9. The molecule has 5 heteroatoms. The van der Waals surface area contributed by atoms with E-state index in [2.05, 4.69) is 22.9 Å². The molecule has 2 N–H and O–H groups in total. The van der Waals surface area contributed by atoms with E-state index in [9.17, 15) is 4.79 Å². The van der Waals surface area contributed by atoms with Crippen LogP contribution in [0, 0.1) is 5.92 Å². The SMILES string of the molecule is CC(CCc1cccn1C)NC(=O)N1CCC(CO)CC1. The Morgan fingerprint density at radius 3 is 2.76 bits per heavy atom. The van der Waals surface area contributed by atoms with Gasteiger partial charge in [-0.3, -0.25) is 0 Å². The Bertz CT molecular complexity index is 450.